The van der Waals surface area contributed by atoms with E-state index in [1.54, 1.807) is 54.6 Å². The largest absolute Gasteiger partial charge is 0.494 e. The van der Waals surface area contributed by atoms with Gasteiger partial charge in [0, 0.05) is 10.7 Å². The Morgan fingerprint density at radius 1 is 1.03 bits per heavy atom. The number of ether oxygens (including phenoxy) is 1. The van der Waals surface area contributed by atoms with E-state index < -0.39 is 22.5 Å². The van der Waals surface area contributed by atoms with Crippen LogP contribution in [0.25, 0.3) is 0 Å². The number of anilines is 2. The summed E-state index contributed by atoms with van der Waals surface area (Å²) in [6.07, 6.45) is 0. The third-order valence-corrected chi connectivity index (χ3v) is 6.46. The molecule has 0 radical (unpaired) electrons. The van der Waals surface area contributed by atoms with E-state index in [1.165, 1.54) is 18.2 Å². The minimum absolute atomic E-state index is 0.0898. The number of nitrogens with one attached hydrogen (secondary N) is 1. The van der Waals surface area contributed by atoms with Crippen molar-refractivity contribution in [3.63, 3.8) is 0 Å². The van der Waals surface area contributed by atoms with Gasteiger partial charge >= 0.3 is 0 Å². The summed E-state index contributed by atoms with van der Waals surface area (Å²) < 4.78 is 33.1. The van der Waals surface area contributed by atoms with Gasteiger partial charge in [0.1, 0.15) is 12.3 Å². The maximum absolute atomic E-state index is 13.3. The maximum atomic E-state index is 13.3. The summed E-state index contributed by atoms with van der Waals surface area (Å²) in [7, 11) is -4.00. The molecule has 0 saturated carbocycles. The van der Waals surface area contributed by atoms with Crippen molar-refractivity contribution in [3.05, 3.63) is 83.4 Å². The number of hydrogen-bond acceptors (Lipinski definition) is 4. The number of sulfonamides is 1. The highest BCUT2D eigenvalue weighted by molar-refractivity contribution is 7.92. The lowest BCUT2D eigenvalue weighted by atomic mass is 10.2. The van der Waals surface area contributed by atoms with Gasteiger partial charge in [-0.25, -0.2) is 8.42 Å². The van der Waals surface area contributed by atoms with Crippen molar-refractivity contribution >= 4 is 38.9 Å². The molecule has 1 amide bonds. The van der Waals surface area contributed by atoms with Gasteiger partial charge in [0.05, 0.1) is 17.2 Å². The number of hydrogen-bond donors (Lipinski definition) is 1. The standard InChI is InChI=1S/C23H23ClN2O4S/c1-3-30-21-11-9-19(10-12-21)25-23(27)16-26(20-6-4-5-18(24)15-20)31(28,29)22-13-7-17(2)8-14-22/h4-15H,3,16H2,1-2H3,(H,25,27). The average Bonchev–Trinajstić information content (AvgIpc) is 2.74. The van der Waals surface area contributed by atoms with Crippen molar-refractivity contribution in [2.24, 2.45) is 0 Å². The van der Waals surface area contributed by atoms with E-state index in [2.05, 4.69) is 5.32 Å². The van der Waals surface area contributed by atoms with Gasteiger partial charge in [-0.2, -0.15) is 0 Å². The first-order valence-electron chi connectivity index (χ1n) is 9.67. The highest BCUT2D eigenvalue weighted by Crippen LogP contribution is 2.26. The van der Waals surface area contributed by atoms with E-state index in [9.17, 15) is 13.2 Å². The van der Waals surface area contributed by atoms with Crippen LogP contribution in [-0.2, 0) is 14.8 Å². The molecule has 1 N–H and O–H groups in total. The van der Waals surface area contributed by atoms with Crippen LogP contribution < -0.4 is 14.4 Å². The molecule has 3 aromatic carbocycles. The highest BCUT2D eigenvalue weighted by atomic mass is 35.5. The molecule has 0 fully saturated rings. The molecule has 6 nitrogen and oxygen atoms in total. The van der Waals surface area contributed by atoms with Gasteiger partial charge in [-0.1, -0.05) is 35.4 Å². The first-order valence-corrected chi connectivity index (χ1v) is 11.5. The van der Waals surface area contributed by atoms with E-state index in [-0.39, 0.29) is 4.90 Å². The second-order valence-corrected chi connectivity index (χ2v) is 9.11. The third kappa shape index (κ3) is 5.77. The quantitative estimate of drug-likeness (QED) is 0.522. The predicted octanol–water partition coefficient (Wildman–Crippen LogP) is 4.88. The number of benzene rings is 3. The lowest BCUT2D eigenvalue weighted by Crippen LogP contribution is -2.38. The zero-order valence-corrected chi connectivity index (χ0v) is 18.8. The van der Waals surface area contributed by atoms with E-state index >= 15 is 0 Å². The summed E-state index contributed by atoms with van der Waals surface area (Å²) in [5.41, 5.74) is 1.77. The molecule has 3 aromatic rings. The number of amides is 1. The summed E-state index contributed by atoms with van der Waals surface area (Å²) >= 11 is 6.08. The summed E-state index contributed by atoms with van der Waals surface area (Å²) in [6.45, 7) is 3.88. The Bertz CT molecular complexity index is 1150. The summed E-state index contributed by atoms with van der Waals surface area (Å²) in [5, 5.41) is 3.09. The van der Waals surface area contributed by atoms with Crippen molar-refractivity contribution in [1.82, 2.24) is 0 Å². The molecule has 31 heavy (non-hydrogen) atoms. The Balaban J connectivity index is 1.88. The number of aryl methyl sites for hydroxylation is 1. The lowest BCUT2D eigenvalue weighted by Gasteiger charge is -2.24. The molecule has 0 saturated heterocycles. The number of nitrogens with zero attached hydrogens (tertiary/aromatic N) is 1. The van der Waals surface area contributed by atoms with E-state index in [4.69, 9.17) is 16.3 Å². The van der Waals surface area contributed by atoms with Gasteiger partial charge in [0.25, 0.3) is 10.0 Å². The van der Waals surface area contributed by atoms with Crippen LogP contribution in [0.3, 0.4) is 0 Å². The minimum Gasteiger partial charge on any atom is -0.494 e. The Morgan fingerprint density at radius 3 is 2.32 bits per heavy atom. The molecule has 8 heteroatoms. The normalized spacial score (nSPS) is 11.1. The van der Waals surface area contributed by atoms with Crippen LogP contribution in [0.5, 0.6) is 5.75 Å². The molecule has 3 rings (SSSR count). The second kappa shape index (κ2) is 9.85. The fraction of sp³-hybridized carbons (Fsp3) is 0.174. The number of rotatable bonds is 8. The molecule has 0 aliphatic rings. The number of carbonyl (C=O) groups is 1. The zero-order chi connectivity index (χ0) is 22.4. The molecule has 0 aliphatic carbocycles. The van der Waals surface area contributed by atoms with Crippen LogP contribution in [-0.4, -0.2) is 27.5 Å². The van der Waals surface area contributed by atoms with Crippen LogP contribution in [0, 0.1) is 6.92 Å². The summed E-state index contributed by atoms with van der Waals surface area (Å²) in [4.78, 5) is 12.8. The Kier molecular flexibility index (Phi) is 7.20. The topological polar surface area (TPSA) is 75.7 Å². The van der Waals surface area contributed by atoms with E-state index in [0.29, 0.717) is 28.8 Å². The molecule has 162 valence electrons. The predicted molar refractivity (Wildman–Crippen MR) is 123 cm³/mol. The van der Waals surface area contributed by atoms with E-state index in [1.807, 2.05) is 13.8 Å². The molecule has 0 unspecified atom stereocenters. The van der Waals surface area contributed by atoms with Gasteiger partial charge in [0.2, 0.25) is 5.91 Å². The van der Waals surface area contributed by atoms with Gasteiger partial charge < -0.3 is 10.1 Å². The van der Waals surface area contributed by atoms with Crippen molar-refractivity contribution in [1.29, 1.82) is 0 Å². The van der Waals surface area contributed by atoms with Crippen molar-refractivity contribution < 1.29 is 17.9 Å². The molecule has 0 spiro atoms. The fourth-order valence-corrected chi connectivity index (χ4v) is 4.51. The number of halogens is 1. The van der Waals surface area contributed by atoms with Crippen molar-refractivity contribution in [3.8, 4) is 5.75 Å². The Morgan fingerprint density at radius 2 is 1.71 bits per heavy atom. The first kappa shape index (κ1) is 22.7. The van der Waals surface area contributed by atoms with Crippen molar-refractivity contribution in [2.75, 3.05) is 22.8 Å². The van der Waals surface area contributed by atoms with Gasteiger partial charge in [-0.15, -0.1) is 0 Å². The summed E-state index contributed by atoms with van der Waals surface area (Å²) in [6, 6.07) is 19.7. The summed E-state index contributed by atoms with van der Waals surface area (Å²) in [5.74, 6) is 0.197. The zero-order valence-electron chi connectivity index (χ0n) is 17.2. The highest BCUT2D eigenvalue weighted by Gasteiger charge is 2.27. The fourth-order valence-electron chi connectivity index (χ4n) is 2.92. The van der Waals surface area contributed by atoms with Crippen LogP contribution in [0.4, 0.5) is 11.4 Å². The van der Waals surface area contributed by atoms with Crippen molar-refractivity contribution in [2.45, 2.75) is 18.7 Å². The molecular weight excluding hydrogens is 436 g/mol. The first-order chi connectivity index (χ1) is 14.8. The van der Waals surface area contributed by atoms with Gasteiger partial charge in [0.15, 0.2) is 0 Å². The van der Waals surface area contributed by atoms with Crippen LogP contribution >= 0.6 is 11.6 Å². The molecule has 0 bridgehead atoms. The lowest BCUT2D eigenvalue weighted by molar-refractivity contribution is -0.114. The number of carbonyl (C=O) groups excluding carboxylic acids is 1. The monoisotopic (exact) mass is 458 g/mol. The molecule has 0 aromatic heterocycles. The smallest absolute Gasteiger partial charge is 0.264 e. The Hall–Kier alpha value is -3.03. The Labute approximate surface area is 187 Å². The van der Waals surface area contributed by atoms with E-state index in [0.717, 1.165) is 9.87 Å². The van der Waals surface area contributed by atoms with Crippen LogP contribution in [0.2, 0.25) is 5.02 Å². The SMILES string of the molecule is CCOc1ccc(NC(=O)CN(c2cccc(Cl)c2)S(=O)(=O)c2ccc(C)cc2)cc1. The maximum Gasteiger partial charge on any atom is 0.264 e. The van der Waals surface area contributed by atoms with Crippen LogP contribution in [0.15, 0.2) is 77.7 Å². The van der Waals surface area contributed by atoms with Gasteiger partial charge in [-0.3, -0.25) is 9.10 Å². The second-order valence-electron chi connectivity index (χ2n) is 6.81. The molecule has 0 atom stereocenters. The molecule has 0 heterocycles. The molecular formula is C23H23ClN2O4S. The molecule has 0 aliphatic heterocycles. The average molecular weight is 459 g/mol. The van der Waals surface area contributed by atoms with Gasteiger partial charge in [-0.05, 0) is 68.4 Å². The van der Waals surface area contributed by atoms with Crippen LogP contribution in [0.1, 0.15) is 12.5 Å². The minimum atomic E-state index is -4.00. The third-order valence-electron chi connectivity index (χ3n) is 4.44.